The average Bonchev–Trinajstić information content (AvgIpc) is 2.44. The SMILES string of the molecule is O=C1c2ccccc2C(=O)c2c1ccc(Br)c2[N+](=O)[O-]. The van der Waals surface area contributed by atoms with E-state index in [4.69, 9.17) is 0 Å². The van der Waals surface area contributed by atoms with Crippen LogP contribution in [0.2, 0.25) is 0 Å². The predicted molar refractivity (Wildman–Crippen MR) is 74.1 cm³/mol. The first-order valence-corrected chi connectivity index (χ1v) is 6.47. The minimum Gasteiger partial charge on any atom is -0.289 e. The van der Waals surface area contributed by atoms with Crippen molar-refractivity contribution in [1.29, 1.82) is 0 Å². The molecule has 0 saturated heterocycles. The van der Waals surface area contributed by atoms with Crippen molar-refractivity contribution >= 4 is 33.2 Å². The third-order valence-electron chi connectivity index (χ3n) is 3.20. The molecule has 0 fully saturated rings. The van der Waals surface area contributed by atoms with Crippen LogP contribution in [-0.2, 0) is 0 Å². The van der Waals surface area contributed by atoms with Crippen molar-refractivity contribution in [2.24, 2.45) is 0 Å². The van der Waals surface area contributed by atoms with Crippen LogP contribution in [0.25, 0.3) is 0 Å². The number of nitro groups is 1. The Morgan fingerprint density at radius 3 is 2.10 bits per heavy atom. The van der Waals surface area contributed by atoms with Crippen LogP contribution in [0.4, 0.5) is 5.69 Å². The lowest BCUT2D eigenvalue weighted by atomic mass is 9.83. The molecule has 1 aliphatic carbocycles. The van der Waals surface area contributed by atoms with Gasteiger partial charge in [-0.3, -0.25) is 19.7 Å². The van der Waals surface area contributed by atoms with Gasteiger partial charge in [0.05, 0.1) is 9.40 Å². The molecule has 0 bridgehead atoms. The summed E-state index contributed by atoms with van der Waals surface area (Å²) in [5, 5.41) is 11.2. The molecule has 20 heavy (non-hydrogen) atoms. The fraction of sp³-hybridized carbons (Fsp3) is 0. The molecule has 2 aromatic carbocycles. The molecule has 3 rings (SSSR count). The van der Waals surface area contributed by atoms with E-state index in [0.717, 1.165) is 0 Å². The summed E-state index contributed by atoms with van der Waals surface area (Å²) in [6.07, 6.45) is 0. The van der Waals surface area contributed by atoms with Crippen LogP contribution in [0.3, 0.4) is 0 Å². The van der Waals surface area contributed by atoms with Crippen molar-refractivity contribution in [2.45, 2.75) is 0 Å². The highest BCUT2D eigenvalue weighted by Gasteiger charge is 2.36. The molecule has 0 heterocycles. The van der Waals surface area contributed by atoms with Crippen LogP contribution < -0.4 is 0 Å². The zero-order valence-electron chi connectivity index (χ0n) is 9.92. The second-order valence-electron chi connectivity index (χ2n) is 4.28. The van der Waals surface area contributed by atoms with Crippen LogP contribution in [-0.4, -0.2) is 16.5 Å². The monoisotopic (exact) mass is 331 g/mol. The maximum absolute atomic E-state index is 12.5. The van der Waals surface area contributed by atoms with Crippen molar-refractivity contribution < 1.29 is 14.5 Å². The van der Waals surface area contributed by atoms with Gasteiger partial charge in [0.1, 0.15) is 5.56 Å². The lowest BCUT2D eigenvalue weighted by Gasteiger charge is -2.17. The number of nitrogens with zero attached hydrogens (tertiary/aromatic N) is 1. The summed E-state index contributed by atoms with van der Waals surface area (Å²) in [4.78, 5) is 35.3. The first kappa shape index (κ1) is 12.7. The molecule has 0 amide bonds. The number of ketones is 2. The van der Waals surface area contributed by atoms with Gasteiger partial charge in [0, 0.05) is 16.7 Å². The molecule has 0 aliphatic heterocycles. The van der Waals surface area contributed by atoms with E-state index in [1.54, 1.807) is 18.2 Å². The largest absolute Gasteiger partial charge is 0.295 e. The summed E-state index contributed by atoms with van der Waals surface area (Å²) < 4.78 is 0.182. The highest BCUT2D eigenvalue weighted by molar-refractivity contribution is 9.10. The zero-order valence-corrected chi connectivity index (χ0v) is 11.5. The third kappa shape index (κ3) is 1.61. The predicted octanol–water partition coefficient (Wildman–Crippen LogP) is 3.13. The van der Waals surface area contributed by atoms with E-state index < -0.39 is 10.7 Å². The van der Waals surface area contributed by atoms with Crippen LogP contribution in [0, 0.1) is 10.1 Å². The quantitative estimate of drug-likeness (QED) is 0.507. The van der Waals surface area contributed by atoms with Crippen molar-refractivity contribution in [3.05, 3.63) is 73.2 Å². The number of carbonyl (C=O) groups excluding carboxylic acids is 2. The Morgan fingerprint density at radius 2 is 1.50 bits per heavy atom. The lowest BCUT2D eigenvalue weighted by Crippen LogP contribution is -2.22. The van der Waals surface area contributed by atoms with Gasteiger partial charge in [0.25, 0.3) is 5.69 Å². The zero-order chi connectivity index (χ0) is 14.4. The van der Waals surface area contributed by atoms with Crippen molar-refractivity contribution in [3.8, 4) is 0 Å². The molecule has 5 nitrogen and oxygen atoms in total. The Balaban J connectivity index is 2.40. The van der Waals surface area contributed by atoms with E-state index in [-0.39, 0.29) is 38.2 Å². The van der Waals surface area contributed by atoms with Gasteiger partial charge in [0.2, 0.25) is 5.78 Å². The van der Waals surface area contributed by atoms with Gasteiger partial charge in [-0.25, -0.2) is 0 Å². The Labute approximate surface area is 121 Å². The van der Waals surface area contributed by atoms with Crippen LogP contribution in [0.1, 0.15) is 31.8 Å². The average molecular weight is 332 g/mol. The molecular weight excluding hydrogens is 326 g/mol. The third-order valence-corrected chi connectivity index (χ3v) is 3.84. The summed E-state index contributed by atoms with van der Waals surface area (Å²) in [6, 6.07) is 9.18. The number of fused-ring (bicyclic) bond motifs is 2. The molecule has 98 valence electrons. The van der Waals surface area contributed by atoms with Gasteiger partial charge >= 0.3 is 0 Å². The van der Waals surface area contributed by atoms with Crippen LogP contribution in [0.5, 0.6) is 0 Å². The molecule has 0 radical (unpaired) electrons. The van der Waals surface area contributed by atoms with E-state index in [0.29, 0.717) is 0 Å². The van der Waals surface area contributed by atoms with Gasteiger partial charge in [-0.2, -0.15) is 0 Å². The molecule has 6 heteroatoms. The summed E-state index contributed by atoms with van der Waals surface area (Å²) >= 11 is 3.06. The highest BCUT2D eigenvalue weighted by atomic mass is 79.9. The van der Waals surface area contributed by atoms with Gasteiger partial charge in [-0.15, -0.1) is 0 Å². The van der Waals surface area contributed by atoms with E-state index in [2.05, 4.69) is 15.9 Å². The van der Waals surface area contributed by atoms with Gasteiger partial charge < -0.3 is 0 Å². The summed E-state index contributed by atoms with van der Waals surface area (Å²) in [5.74, 6) is -0.867. The Morgan fingerprint density at radius 1 is 0.900 bits per heavy atom. The summed E-state index contributed by atoms with van der Waals surface area (Å²) in [5.41, 5.74) is 0.0415. The molecule has 0 atom stereocenters. The number of benzene rings is 2. The van der Waals surface area contributed by atoms with Crippen LogP contribution in [0.15, 0.2) is 40.9 Å². The lowest BCUT2D eigenvalue weighted by molar-refractivity contribution is -0.385. The fourth-order valence-electron chi connectivity index (χ4n) is 2.32. The highest BCUT2D eigenvalue weighted by Crippen LogP contribution is 2.37. The molecule has 0 aromatic heterocycles. The molecule has 0 spiro atoms. The minimum atomic E-state index is -0.651. The minimum absolute atomic E-state index is 0.0728. The number of rotatable bonds is 1. The Kier molecular flexibility index (Phi) is 2.76. The maximum Gasteiger partial charge on any atom is 0.295 e. The second kappa shape index (κ2) is 4.35. The van der Waals surface area contributed by atoms with Crippen molar-refractivity contribution in [3.63, 3.8) is 0 Å². The van der Waals surface area contributed by atoms with Crippen molar-refractivity contribution in [1.82, 2.24) is 0 Å². The number of carbonyl (C=O) groups is 2. The molecule has 0 N–H and O–H groups in total. The fourth-order valence-corrected chi connectivity index (χ4v) is 2.80. The normalized spacial score (nSPS) is 12.8. The molecule has 0 unspecified atom stereocenters. The van der Waals surface area contributed by atoms with Crippen LogP contribution >= 0.6 is 15.9 Å². The van der Waals surface area contributed by atoms with Gasteiger partial charge in [0.15, 0.2) is 5.78 Å². The molecular formula is C14H6BrNO4. The molecule has 0 saturated carbocycles. The van der Waals surface area contributed by atoms with E-state index in [1.165, 1.54) is 18.2 Å². The first-order chi connectivity index (χ1) is 9.52. The summed E-state index contributed by atoms with van der Waals surface area (Å²) in [7, 11) is 0. The Hall–Kier alpha value is -2.34. The molecule has 2 aromatic rings. The van der Waals surface area contributed by atoms with Gasteiger partial charge in [-0.05, 0) is 28.1 Å². The number of halogens is 1. The molecule has 1 aliphatic rings. The maximum atomic E-state index is 12.5. The van der Waals surface area contributed by atoms with Crippen molar-refractivity contribution in [2.75, 3.05) is 0 Å². The second-order valence-corrected chi connectivity index (χ2v) is 5.13. The topological polar surface area (TPSA) is 77.3 Å². The van der Waals surface area contributed by atoms with E-state index in [1.807, 2.05) is 0 Å². The standard InChI is InChI=1S/C14H6BrNO4/c15-10-6-5-9-11(12(10)16(19)20)14(18)8-4-2-1-3-7(8)13(9)17/h1-6H. The Bertz CT molecular complexity index is 798. The smallest absolute Gasteiger partial charge is 0.289 e. The van der Waals surface area contributed by atoms with E-state index >= 15 is 0 Å². The number of hydrogen-bond donors (Lipinski definition) is 0. The van der Waals surface area contributed by atoms with E-state index in [9.17, 15) is 19.7 Å². The van der Waals surface area contributed by atoms with Gasteiger partial charge in [-0.1, -0.05) is 24.3 Å². The number of hydrogen-bond acceptors (Lipinski definition) is 4. The number of nitro benzene ring substituents is 1. The first-order valence-electron chi connectivity index (χ1n) is 5.67. The summed E-state index contributed by atoms with van der Waals surface area (Å²) in [6.45, 7) is 0.